The van der Waals surface area contributed by atoms with Gasteiger partial charge in [-0.1, -0.05) is 184 Å². The average molecular weight is 809 g/mol. The Morgan fingerprint density at radius 2 is 0.690 bits per heavy atom. The normalized spacial score (nSPS) is 12.7. The monoisotopic (exact) mass is 809 g/mol. The Bertz CT molecular complexity index is 1110. The van der Waals surface area contributed by atoms with Crippen LogP contribution in [0.5, 0.6) is 0 Å². The maximum absolute atomic E-state index is 12.7. The third-order valence-corrected chi connectivity index (χ3v) is 10.0. The van der Waals surface area contributed by atoms with Gasteiger partial charge in [0, 0.05) is 19.3 Å². The van der Waals surface area contributed by atoms with Crippen molar-refractivity contribution in [3.8, 4) is 0 Å². The molecule has 0 aliphatic heterocycles. The minimum Gasteiger partial charge on any atom is -0.462 e. The summed E-state index contributed by atoms with van der Waals surface area (Å²) >= 11 is 0. The van der Waals surface area contributed by atoms with E-state index in [0.717, 1.165) is 96.3 Å². The van der Waals surface area contributed by atoms with Crippen LogP contribution in [0.2, 0.25) is 0 Å². The summed E-state index contributed by atoms with van der Waals surface area (Å²) in [4.78, 5) is 37.8. The highest BCUT2D eigenvalue weighted by Crippen LogP contribution is 2.13. The van der Waals surface area contributed by atoms with Gasteiger partial charge < -0.3 is 14.2 Å². The summed E-state index contributed by atoms with van der Waals surface area (Å²) in [7, 11) is 0. The van der Waals surface area contributed by atoms with E-state index < -0.39 is 6.10 Å². The molecule has 0 aromatic rings. The lowest BCUT2D eigenvalue weighted by molar-refractivity contribution is -0.167. The molecule has 0 fully saturated rings. The van der Waals surface area contributed by atoms with E-state index in [9.17, 15) is 14.4 Å². The van der Waals surface area contributed by atoms with Crippen molar-refractivity contribution in [2.75, 3.05) is 13.2 Å². The molecule has 0 amide bonds. The minimum atomic E-state index is -0.792. The largest absolute Gasteiger partial charge is 0.462 e. The van der Waals surface area contributed by atoms with Crippen LogP contribution in [-0.2, 0) is 28.6 Å². The third-order valence-electron chi connectivity index (χ3n) is 10.0. The molecule has 0 heterocycles. The number of carbonyl (C=O) groups excluding carboxylic acids is 3. The Morgan fingerprint density at radius 3 is 1.10 bits per heavy atom. The number of hydrogen-bond acceptors (Lipinski definition) is 6. The van der Waals surface area contributed by atoms with E-state index >= 15 is 0 Å². The number of esters is 3. The standard InChI is InChI=1S/C52H88O6/c1-4-7-10-13-16-19-22-25-26-28-30-33-36-39-42-45-51(54)57-48-49(47-56-50(53)44-41-38-35-32-29-24-21-18-15-12-9-6-3)58-52(55)46-43-40-37-34-31-27-23-20-17-14-11-8-5-2/h8,11,14,16-23,25,49H,4-7,9-10,12-13,15,24,26-48H2,1-3H3/b11-8-,17-14-,19-16-,21-18-,23-20-,25-22-. The third kappa shape index (κ3) is 44.0. The van der Waals surface area contributed by atoms with Crippen molar-refractivity contribution in [2.45, 2.75) is 226 Å². The summed E-state index contributed by atoms with van der Waals surface area (Å²) in [5, 5.41) is 0. The van der Waals surface area contributed by atoms with Crippen LogP contribution in [0, 0.1) is 0 Å². The van der Waals surface area contributed by atoms with Crippen LogP contribution >= 0.6 is 0 Å². The summed E-state index contributed by atoms with van der Waals surface area (Å²) in [6, 6.07) is 0. The molecule has 1 atom stereocenters. The van der Waals surface area contributed by atoms with Gasteiger partial charge in [-0.25, -0.2) is 0 Å². The summed E-state index contributed by atoms with van der Waals surface area (Å²) in [6.45, 7) is 6.40. The van der Waals surface area contributed by atoms with Gasteiger partial charge in [-0.05, 0) is 89.9 Å². The van der Waals surface area contributed by atoms with Gasteiger partial charge in [0.2, 0.25) is 0 Å². The molecule has 1 unspecified atom stereocenters. The molecule has 0 aromatic carbocycles. The molecule has 58 heavy (non-hydrogen) atoms. The van der Waals surface area contributed by atoms with Gasteiger partial charge in [-0.2, -0.15) is 0 Å². The molecule has 332 valence electrons. The van der Waals surface area contributed by atoms with Gasteiger partial charge in [0.15, 0.2) is 6.10 Å². The smallest absolute Gasteiger partial charge is 0.306 e. The van der Waals surface area contributed by atoms with Crippen molar-refractivity contribution in [1.29, 1.82) is 0 Å². The molecule has 0 bridgehead atoms. The molecule has 6 nitrogen and oxygen atoms in total. The molecule has 0 aliphatic rings. The first kappa shape index (κ1) is 54.9. The summed E-state index contributed by atoms with van der Waals surface area (Å²) in [5.41, 5.74) is 0. The zero-order valence-corrected chi connectivity index (χ0v) is 37.8. The molecule has 0 saturated heterocycles. The van der Waals surface area contributed by atoms with Crippen molar-refractivity contribution in [2.24, 2.45) is 0 Å². The summed E-state index contributed by atoms with van der Waals surface area (Å²) in [5.74, 6) is -0.937. The van der Waals surface area contributed by atoms with Crippen LogP contribution in [0.3, 0.4) is 0 Å². The highest BCUT2D eigenvalue weighted by atomic mass is 16.6. The fourth-order valence-corrected chi connectivity index (χ4v) is 6.37. The summed E-state index contributed by atoms with van der Waals surface area (Å²) < 4.78 is 16.7. The molecule has 6 heteroatoms. The fraction of sp³-hybridized carbons (Fsp3) is 0.712. The molecular weight excluding hydrogens is 721 g/mol. The first-order valence-corrected chi connectivity index (χ1v) is 24.0. The van der Waals surface area contributed by atoms with E-state index in [4.69, 9.17) is 14.2 Å². The molecule has 0 radical (unpaired) electrons. The van der Waals surface area contributed by atoms with Crippen LogP contribution < -0.4 is 0 Å². The van der Waals surface area contributed by atoms with Gasteiger partial charge in [-0.15, -0.1) is 0 Å². The predicted molar refractivity (Wildman–Crippen MR) is 247 cm³/mol. The molecule has 0 spiro atoms. The molecule has 0 aliphatic carbocycles. The van der Waals surface area contributed by atoms with E-state index in [1.165, 1.54) is 83.5 Å². The lowest BCUT2D eigenvalue weighted by Crippen LogP contribution is -2.30. The van der Waals surface area contributed by atoms with Gasteiger partial charge >= 0.3 is 17.9 Å². The van der Waals surface area contributed by atoms with Crippen molar-refractivity contribution in [3.05, 3.63) is 72.9 Å². The maximum Gasteiger partial charge on any atom is 0.306 e. The number of rotatable bonds is 42. The predicted octanol–water partition coefficient (Wildman–Crippen LogP) is 15.5. The molecule has 0 rings (SSSR count). The van der Waals surface area contributed by atoms with Crippen LogP contribution in [0.15, 0.2) is 72.9 Å². The number of ether oxygens (including phenoxy) is 3. The van der Waals surface area contributed by atoms with E-state index in [-0.39, 0.29) is 31.1 Å². The van der Waals surface area contributed by atoms with Crippen molar-refractivity contribution >= 4 is 17.9 Å². The van der Waals surface area contributed by atoms with E-state index in [2.05, 4.69) is 93.7 Å². The molecule has 0 aromatic heterocycles. The lowest BCUT2D eigenvalue weighted by atomic mass is 10.1. The molecular formula is C52H88O6. The maximum atomic E-state index is 12.7. The van der Waals surface area contributed by atoms with E-state index in [1.54, 1.807) is 0 Å². The first-order chi connectivity index (χ1) is 28.5. The zero-order valence-electron chi connectivity index (χ0n) is 37.8. The van der Waals surface area contributed by atoms with Crippen molar-refractivity contribution in [1.82, 2.24) is 0 Å². The second-order valence-electron chi connectivity index (χ2n) is 15.7. The van der Waals surface area contributed by atoms with E-state index in [1.807, 2.05) is 0 Å². The first-order valence-electron chi connectivity index (χ1n) is 24.0. The Kier molecular flexibility index (Phi) is 44.0. The van der Waals surface area contributed by atoms with Crippen molar-refractivity contribution < 1.29 is 28.6 Å². The van der Waals surface area contributed by atoms with Gasteiger partial charge in [-0.3, -0.25) is 14.4 Å². The van der Waals surface area contributed by atoms with Crippen LogP contribution in [-0.4, -0.2) is 37.2 Å². The number of allylic oxidation sites excluding steroid dienone is 12. The Labute approximate surface area is 357 Å². The average Bonchev–Trinajstić information content (AvgIpc) is 3.22. The van der Waals surface area contributed by atoms with Crippen LogP contribution in [0.25, 0.3) is 0 Å². The quantitative estimate of drug-likeness (QED) is 0.0201. The molecule has 0 N–H and O–H groups in total. The number of hydrogen-bond donors (Lipinski definition) is 0. The Balaban J connectivity index is 4.44. The highest BCUT2D eigenvalue weighted by Gasteiger charge is 2.19. The molecule has 0 saturated carbocycles. The van der Waals surface area contributed by atoms with E-state index in [0.29, 0.717) is 19.3 Å². The minimum absolute atomic E-state index is 0.0928. The Morgan fingerprint density at radius 1 is 0.362 bits per heavy atom. The number of carbonyl (C=O) groups is 3. The lowest BCUT2D eigenvalue weighted by Gasteiger charge is -2.18. The van der Waals surface area contributed by atoms with Gasteiger partial charge in [0.25, 0.3) is 0 Å². The highest BCUT2D eigenvalue weighted by molar-refractivity contribution is 5.71. The number of unbranched alkanes of at least 4 members (excludes halogenated alkanes) is 22. The van der Waals surface area contributed by atoms with Crippen molar-refractivity contribution in [3.63, 3.8) is 0 Å². The second-order valence-corrected chi connectivity index (χ2v) is 15.7. The van der Waals surface area contributed by atoms with Crippen LogP contribution in [0.4, 0.5) is 0 Å². The Hall–Kier alpha value is -3.15. The topological polar surface area (TPSA) is 78.9 Å². The SMILES string of the molecule is CC\C=C/C=C\C=C/CCCCCCCC(=O)OC(COC(=O)CCCCCCC/C=C\CCCCC)COC(=O)CCCCCCCC/C=C\C=C/CCCCC. The zero-order chi connectivity index (χ0) is 42.3. The van der Waals surface area contributed by atoms with Gasteiger partial charge in [0.05, 0.1) is 0 Å². The second kappa shape index (κ2) is 46.5. The fourth-order valence-electron chi connectivity index (χ4n) is 6.37. The summed E-state index contributed by atoms with van der Waals surface area (Å²) in [6.07, 6.45) is 57.3. The van der Waals surface area contributed by atoms with Crippen LogP contribution in [0.1, 0.15) is 220 Å². The van der Waals surface area contributed by atoms with Gasteiger partial charge in [0.1, 0.15) is 13.2 Å².